The van der Waals surface area contributed by atoms with E-state index >= 15 is 0 Å². The summed E-state index contributed by atoms with van der Waals surface area (Å²) in [4.78, 5) is 12.0. The number of benzene rings is 1. The first-order valence-corrected chi connectivity index (χ1v) is 7.74. The molecule has 1 fully saturated rings. The highest BCUT2D eigenvalue weighted by molar-refractivity contribution is 5.80. The largest absolute Gasteiger partial charge is 0.396 e. The van der Waals surface area contributed by atoms with Gasteiger partial charge in [0.15, 0.2) is 0 Å². The van der Waals surface area contributed by atoms with E-state index in [1.54, 1.807) is 6.92 Å². The van der Waals surface area contributed by atoms with E-state index in [0.29, 0.717) is 25.0 Å². The molecule has 4 heteroatoms. The lowest BCUT2D eigenvalue weighted by atomic mass is 9.97. The number of hydrogen-bond donors (Lipinski definition) is 2. The van der Waals surface area contributed by atoms with Gasteiger partial charge < -0.3 is 15.2 Å². The lowest BCUT2D eigenvalue weighted by Gasteiger charge is -2.19. The molecule has 0 bridgehead atoms. The molecule has 1 aromatic carbocycles. The molecular weight excluding hydrogens is 266 g/mol. The first-order valence-electron chi connectivity index (χ1n) is 7.74. The van der Waals surface area contributed by atoms with Crippen LogP contribution < -0.4 is 5.32 Å². The fraction of sp³-hybridized carbons (Fsp3) is 0.588. The van der Waals surface area contributed by atoms with Crippen molar-refractivity contribution in [2.45, 2.75) is 38.9 Å². The molecule has 4 nitrogen and oxygen atoms in total. The van der Waals surface area contributed by atoms with Gasteiger partial charge in [-0.1, -0.05) is 36.8 Å². The van der Waals surface area contributed by atoms with Gasteiger partial charge in [-0.25, -0.2) is 0 Å². The van der Waals surface area contributed by atoms with Crippen molar-refractivity contribution in [2.24, 2.45) is 11.8 Å². The normalized spacial score (nSPS) is 23.0. The summed E-state index contributed by atoms with van der Waals surface area (Å²) in [7, 11) is 0. The van der Waals surface area contributed by atoms with Crippen LogP contribution in [0.3, 0.4) is 0 Å². The molecule has 3 atom stereocenters. The Hall–Kier alpha value is -1.39. The van der Waals surface area contributed by atoms with Crippen LogP contribution in [-0.4, -0.2) is 30.3 Å². The van der Waals surface area contributed by atoms with E-state index in [2.05, 4.69) is 5.32 Å². The number of carbonyl (C=O) groups is 1. The Morgan fingerprint density at radius 3 is 2.76 bits per heavy atom. The molecule has 0 radical (unpaired) electrons. The van der Waals surface area contributed by atoms with Crippen LogP contribution in [0.25, 0.3) is 0 Å². The summed E-state index contributed by atoms with van der Waals surface area (Å²) in [6.45, 7) is 3.08. The standard InChI is InChI=1S/C17H25NO3/c1-13(21-12-14-6-3-2-4-7-14)17(20)18-10-15-8-5-9-16(15)11-19/h2-4,6-7,13,15-16,19H,5,8-12H2,1H3,(H,18,20). The van der Waals surface area contributed by atoms with Gasteiger partial charge in [-0.15, -0.1) is 0 Å². The van der Waals surface area contributed by atoms with Crippen LogP contribution in [0.4, 0.5) is 0 Å². The highest BCUT2D eigenvalue weighted by Crippen LogP contribution is 2.30. The maximum absolute atomic E-state index is 12.0. The Balaban J connectivity index is 1.70. The molecule has 1 saturated carbocycles. The maximum atomic E-state index is 12.0. The number of carbonyl (C=O) groups excluding carboxylic acids is 1. The molecule has 2 N–H and O–H groups in total. The molecule has 21 heavy (non-hydrogen) atoms. The second kappa shape index (κ2) is 8.15. The molecule has 0 aliphatic heterocycles. The van der Waals surface area contributed by atoms with Crippen molar-refractivity contribution >= 4 is 5.91 Å². The molecule has 0 aromatic heterocycles. The Labute approximate surface area is 126 Å². The topological polar surface area (TPSA) is 58.6 Å². The van der Waals surface area contributed by atoms with Crippen LogP contribution in [0.15, 0.2) is 30.3 Å². The minimum absolute atomic E-state index is 0.0745. The number of hydrogen-bond acceptors (Lipinski definition) is 3. The second-order valence-corrected chi connectivity index (χ2v) is 5.82. The average molecular weight is 291 g/mol. The van der Waals surface area contributed by atoms with Crippen LogP contribution in [0.2, 0.25) is 0 Å². The Kier molecular flexibility index (Phi) is 6.21. The third-order valence-electron chi connectivity index (χ3n) is 4.30. The van der Waals surface area contributed by atoms with Gasteiger partial charge in [0, 0.05) is 13.2 Å². The Morgan fingerprint density at radius 2 is 2.05 bits per heavy atom. The van der Waals surface area contributed by atoms with Crippen molar-refractivity contribution in [3.63, 3.8) is 0 Å². The highest BCUT2D eigenvalue weighted by Gasteiger charge is 2.27. The van der Waals surface area contributed by atoms with Crippen molar-refractivity contribution in [2.75, 3.05) is 13.2 Å². The van der Waals surface area contributed by atoms with E-state index < -0.39 is 6.10 Å². The summed E-state index contributed by atoms with van der Waals surface area (Å²) < 4.78 is 5.60. The van der Waals surface area contributed by atoms with E-state index in [9.17, 15) is 9.90 Å². The van der Waals surface area contributed by atoms with Crippen molar-refractivity contribution in [1.29, 1.82) is 0 Å². The predicted molar refractivity (Wildman–Crippen MR) is 81.6 cm³/mol. The molecule has 1 aliphatic rings. The number of aliphatic hydroxyl groups excluding tert-OH is 1. The smallest absolute Gasteiger partial charge is 0.248 e. The average Bonchev–Trinajstić information content (AvgIpc) is 2.98. The molecule has 1 amide bonds. The molecule has 1 aliphatic carbocycles. The summed E-state index contributed by atoms with van der Waals surface area (Å²) in [5.74, 6) is 0.667. The first kappa shape index (κ1) is 16.0. The fourth-order valence-electron chi connectivity index (χ4n) is 2.87. The molecule has 0 spiro atoms. The zero-order valence-electron chi connectivity index (χ0n) is 12.6. The zero-order chi connectivity index (χ0) is 15.1. The van der Waals surface area contributed by atoms with Gasteiger partial charge in [-0.3, -0.25) is 4.79 Å². The fourth-order valence-corrected chi connectivity index (χ4v) is 2.87. The predicted octanol–water partition coefficient (Wildman–Crippen LogP) is 2.12. The number of amides is 1. The molecule has 2 rings (SSSR count). The lowest BCUT2D eigenvalue weighted by Crippen LogP contribution is -2.38. The third-order valence-corrected chi connectivity index (χ3v) is 4.30. The number of nitrogens with one attached hydrogen (secondary N) is 1. The minimum atomic E-state index is -0.459. The van der Waals surface area contributed by atoms with E-state index in [1.165, 1.54) is 0 Å². The van der Waals surface area contributed by atoms with Crippen molar-refractivity contribution in [3.05, 3.63) is 35.9 Å². The van der Waals surface area contributed by atoms with Crippen LogP contribution in [0.5, 0.6) is 0 Å². The number of rotatable bonds is 7. The molecule has 3 unspecified atom stereocenters. The van der Waals surface area contributed by atoms with Crippen LogP contribution in [0, 0.1) is 11.8 Å². The monoisotopic (exact) mass is 291 g/mol. The van der Waals surface area contributed by atoms with E-state index in [0.717, 1.165) is 24.8 Å². The molecule has 1 aromatic rings. The van der Waals surface area contributed by atoms with Crippen LogP contribution in [-0.2, 0) is 16.1 Å². The van der Waals surface area contributed by atoms with Crippen molar-refractivity contribution < 1.29 is 14.6 Å². The van der Waals surface area contributed by atoms with Gasteiger partial charge in [0.2, 0.25) is 5.91 Å². The molecule has 116 valence electrons. The Bertz CT molecular complexity index is 435. The second-order valence-electron chi connectivity index (χ2n) is 5.82. The van der Waals surface area contributed by atoms with Gasteiger partial charge in [0.05, 0.1) is 6.61 Å². The molecule has 0 heterocycles. The van der Waals surface area contributed by atoms with Gasteiger partial charge in [-0.05, 0) is 37.2 Å². The van der Waals surface area contributed by atoms with Gasteiger partial charge >= 0.3 is 0 Å². The van der Waals surface area contributed by atoms with Crippen molar-refractivity contribution in [1.82, 2.24) is 5.32 Å². The van der Waals surface area contributed by atoms with Gasteiger partial charge in [0.25, 0.3) is 0 Å². The van der Waals surface area contributed by atoms with Crippen LogP contribution in [0.1, 0.15) is 31.7 Å². The Morgan fingerprint density at radius 1 is 1.33 bits per heavy atom. The zero-order valence-corrected chi connectivity index (χ0v) is 12.6. The molecule has 0 saturated heterocycles. The maximum Gasteiger partial charge on any atom is 0.248 e. The summed E-state index contributed by atoms with van der Waals surface area (Å²) >= 11 is 0. The SMILES string of the molecule is CC(OCc1ccccc1)C(=O)NCC1CCCC1CO. The number of aliphatic hydroxyl groups is 1. The van der Waals surface area contributed by atoms with E-state index in [-0.39, 0.29) is 12.5 Å². The molecular formula is C17H25NO3. The van der Waals surface area contributed by atoms with Gasteiger partial charge in [0.1, 0.15) is 6.10 Å². The van der Waals surface area contributed by atoms with E-state index in [1.807, 2.05) is 30.3 Å². The van der Waals surface area contributed by atoms with Crippen LogP contribution >= 0.6 is 0 Å². The van der Waals surface area contributed by atoms with E-state index in [4.69, 9.17) is 4.74 Å². The third kappa shape index (κ3) is 4.83. The summed E-state index contributed by atoms with van der Waals surface area (Å²) in [5.41, 5.74) is 1.06. The summed E-state index contributed by atoms with van der Waals surface area (Å²) in [5, 5.41) is 12.2. The number of ether oxygens (including phenoxy) is 1. The van der Waals surface area contributed by atoms with Gasteiger partial charge in [-0.2, -0.15) is 0 Å². The summed E-state index contributed by atoms with van der Waals surface area (Å²) in [6.07, 6.45) is 2.84. The minimum Gasteiger partial charge on any atom is -0.396 e. The quantitative estimate of drug-likeness (QED) is 0.809. The summed E-state index contributed by atoms with van der Waals surface area (Å²) in [6, 6.07) is 9.83. The van der Waals surface area contributed by atoms with Crippen molar-refractivity contribution in [3.8, 4) is 0 Å². The first-order chi connectivity index (χ1) is 10.2. The lowest BCUT2D eigenvalue weighted by molar-refractivity contribution is -0.132. The highest BCUT2D eigenvalue weighted by atomic mass is 16.5.